The van der Waals surface area contributed by atoms with Crippen LogP contribution in [0.15, 0.2) is 51.8 Å². The van der Waals surface area contributed by atoms with Gasteiger partial charge in [-0.2, -0.15) is 5.10 Å². The van der Waals surface area contributed by atoms with E-state index in [4.69, 9.17) is 0 Å². The molecule has 1 heterocycles. The van der Waals surface area contributed by atoms with Crippen LogP contribution < -0.4 is 4.72 Å². The number of aryl methyl sites for hydroxylation is 4. The van der Waals surface area contributed by atoms with Crippen LogP contribution in [0.5, 0.6) is 0 Å². The summed E-state index contributed by atoms with van der Waals surface area (Å²) >= 11 is 3.43. The van der Waals surface area contributed by atoms with Gasteiger partial charge in [0.15, 0.2) is 0 Å². The smallest absolute Gasteiger partial charge is 0.263 e. The van der Waals surface area contributed by atoms with Crippen LogP contribution >= 0.6 is 15.9 Å². The first kappa shape index (κ1) is 18.3. The standard InChI is InChI=1S/C20H20BrN3O2S/c1-13-19(15-6-9-17(21)10-7-15)20(24(2)22-13)23-27(25,26)18-11-8-14-4-3-5-16(14)12-18/h6-12,23H,3-5H2,1-2H3. The fraction of sp³-hybridized carbons (Fsp3) is 0.250. The second kappa shape index (κ2) is 6.80. The molecule has 0 fully saturated rings. The highest BCUT2D eigenvalue weighted by molar-refractivity contribution is 9.10. The van der Waals surface area contributed by atoms with Crippen molar-refractivity contribution in [2.75, 3.05) is 4.72 Å². The zero-order chi connectivity index (χ0) is 19.2. The molecule has 0 aliphatic heterocycles. The summed E-state index contributed by atoms with van der Waals surface area (Å²) in [6.07, 6.45) is 3.05. The van der Waals surface area contributed by atoms with Gasteiger partial charge in [0, 0.05) is 17.1 Å². The van der Waals surface area contributed by atoms with Crippen molar-refractivity contribution in [2.45, 2.75) is 31.1 Å². The molecule has 0 saturated heterocycles. The molecule has 1 aliphatic rings. The fourth-order valence-electron chi connectivity index (χ4n) is 3.64. The Balaban J connectivity index is 1.75. The molecule has 1 aromatic heterocycles. The maximum atomic E-state index is 13.0. The van der Waals surface area contributed by atoms with Crippen LogP contribution in [0, 0.1) is 6.92 Å². The van der Waals surface area contributed by atoms with Crippen molar-refractivity contribution in [3.05, 3.63) is 63.8 Å². The first-order valence-electron chi connectivity index (χ1n) is 8.79. The molecule has 0 spiro atoms. The maximum Gasteiger partial charge on any atom is 0.263 e. The van der Waals surface area contributed by atoms with E-state index in [0.717, 1.165) is 46.1 Å². The molecule has 0 atom stereocenters. The monoisotopic (exact) mass is 445 g/mol. The first-order valence-corrected chi connectivity index (χ1v) is 11.1. The summed E-state index contributed by atoms with van der Waals surface area (Å²) in [5.41, 5.74) is 4.85. The maximum absolute atomic E-state index is 13.0. The minimum absolute atomic E-state index is 0.295. The number of nitrogens with one attached hydrogen (secondary N) is 1. The van der Waals surface area contributed by atoms with E-state index in [9.17, 15) is 8.42 Å². The zero-order valence-electron chi connectivity index (χ0n) is 15.2. The number of rotatable bonds is 4. The van der Waals surface area contributed by atoms with E-state index in [1.807, 2.05) is 37.3 Å². The van der Waals surface area contributed by atoms with Crippen LogP contribution in [0.25, 0.3) is 11.1 Å². The molecule has 1 N–H and O–H groups in total. The number of halogens is 1. The third-order valence-electron chi connectivity index (χ3n) is 4.97. The highest BCUT2D eigenvalue weighted by atomic mass is 79.9. The minimum Gasteiger partial charge on any atom is -0.263 e. The number of aromatic nitrogens is 2. The number of nitrogens with zero attached hydrogens (tertiary/aromatic N) is 2. The van der Waals surface area contributed by atoms with Gasteiger partial charge in [-0.25, -0.2) is 8.42 Å². The summed E-state index contributed by atoms with van der Waals surface area (Å²) in [5, 5.41) is 4.42. The Labute approximate surface area is 167 Å². The van der Waals surface area contributed by atoms with E-state index in [1.54, 1.807) is 23.9 Å². The van der Waals surface area contributed by atoms with Crippen molar-refractivity contribution in [1.82, 2.24) is 9.78 Å². The lowest BCUT2D eigenvalue weighted by atomic mass is 10.1. The Morgan fingerprint density at radius 3 is 2.52 bits per heavy atom. The number of benzene rings is 2. The van der Waals surface area contributed by atoms with E-state index in [-0.39, 0.29) is 0 Å². The van der Waals surface area contributed by atoms with Crippen LogP contribution in [0.1, 0.15) is 23.2 Å². The number of hydrogen-bond acceptors (Lipinski definition) is 3. The molecule has 0 unspecified atom stereocenters. The van der Waals surface area contributed by atoms with E-state index < -0.39 is 10.0 Å². The quantitative estimate of drug-likeness (QED) is 0.644. The molecule has 140 valence electrons. The van der Waals surface area contributed by atoms with E-state index in [1.165, 1.54) is 5.56 Å². The molecule has 7 heteroatoms. The van der Waals surface area contributed by atoms with E-state index in [2.05, 4.69) is 25.8 Å². The Hall–Kier alpha value is -2.12. The van der Waals surface area contributed by atoms with Crippen LogP contribution in [0.2, 0.25) is 0 Å². The second-order valence-electron chi connectivity index (χ2n) is 6.83. The molecule has 0 radical (unpaired) electrons. The molecule has 27 heavy (non-hydrogen) atoms. The highest BCUT2D eigenvalue weighted by Crippen LogP contribution is 2.33. The fourth-order valence-corrected chi connectivity index (χ4v) is 5.05. The van der Waals surface area contributed by atoms with Gasteiger partial charge < -0.3 is 0 Å². The molecule has 1 aliphatic carbocycles. The number of anilines is 1. The molecule has 5 nitrogen and oxygen atoms in total. The van der Waals surface area contributed by atoms with Crippen molar-refractivity contribution in [3.63, 3.8) is 0 Å². The van der Waals surface area contributed by atoms with Gasteiger partial charge in [-0.05, 0) is 67.1 Å². The number of sulfonamides is 1. The Morgan fingerprint density at radius 1 is 1.07 bits per heavy atom. The zero-order valence-corrected chi connectivity index (χ0v) is 17.6. The van der Waals surface area contributed by atoms with Crippen molar-refractivity contribution in [1.29, 1.82) is 0 Å². The normalized spacial score (nSPS) is 13.6. The van der Waals surface area contributed by atoms with Gasteiger partial charge in [-0.1, -0.05) is 34.1 Å². The lowest BCUT2D eigenvalue weighted by Crippen LogP contribution is -2.16. The molecular weight excluding hydrogens is 426 g/mol. The summed E-state index contributed by atoms with van der Waals surface area (Å²) in [4.78, 5) is 0.295. The van der Waals surface area contributed by atoms with E-state index in [0.29, 0.717) is 10.7 Å². The van der Waals surface area contributed by atoms with Gasteiger partial charge in [-0.15, -0.1) is 0 Å². The van der Waals surface area contributed by atoms with Gasteiger partial charge in [-0.3, -0.25) is 9.40 Å². The summed E-state index contributed by atoms with van der Waals surface area (Å²) < 4.78 is 31.4. The first-order chi connectivity index (χ1) is 12.8. The summed E-state index contributed by atoms with van der Waals surface area (Å²) in [7, 11) is -1.96. The third-order valence-corrected chi connectivity index (χ3v) is 6.83. The van der Waals surface area contributed by atoms with Crippen LogP contribution in [0.3, 0.4) is 0 Å². The van der Waals surface area contributed by atoms with Gasteiger partial charge in [0.05, 0.1) is 10.6 Å². The molecule has 3 aromatic rings. The molecule has 0 saturated carbocycles. The lowest BCUT2D eigenvalue weighted by molar-refractivity contribution is 0.600. The Bertz CT molecular complexity index is 1120. The predicted octanol–water partition coefficient (Wildman–Crippen LogP) is 4.45. The van der Waals surface area contributed by atoms with Crippen LogP contribution in [0.4, 0.5) is 5.82 Å². The van der Waals surface area contributed by atoms with Gasteiger partial charge in [0.2, 0.25) is 0 Å². The molecule has 2 aromatic carbocycles. The number of hydrogen-bond donors (Lipinski definition) is 1. The summed E-state index contributed by atoms with van der Waals surface area (Å²) in [6.45, 7) is 1.88. The van der Waals surface area contributed by atoms with Gasteiger partial charge in [0.25, 0.3) is 10.0 Å². The third kappa shape index (κ3) is 3.41. The Morgan fingerprint density at radius 2 is 1.78 bits per heavy atom. The number of fused-ring (bicyclic) bond motifs is 1. The van der Waals surface area contributed by atoms with Crippen molar-refractivity contribution < 1.29 is 8.42 Å². The molecule has 4 rings (SSSR count). The van der Waals surface area contributed by atoms with Crippen LogP contribution in [-0.4, -0.2) is 18.2 Å². The lowest BCUT2D eigenvalue weighted by Gasteiger charge is -2.12. The van der Waals surface area contributed by atoms with Gasteiger partial charge >= 0.3 is 0 Å². The van der Waals surface area contributed by atoms with Crippen molar-refractivity contribution in [2.24, 2.45) is 7.05 Å². The van der Waals surface area contributed by atoms with Gasteiger partial charge in [0.1, 0.15) is 5.82 Å². The largest absolute Gasteiger partial charge is 0.263 e. The Kier molecular flexibility index (Phi) is 4.60. The van der Waals surface area contributed by atoms with Crippen LogP contribution in [-0.2, 0) is 29.9 Å². The minimum atomic E-state index is -3.70. The van der Waals surface area contributed by atoms with E-state index >= 15 is 0 Å². The van der Waals surface area contributed by atoms with Crippen molar-refractivity contribution in [3.8, 4) is 11.1 Å². The highest BCUT2D eigenvalue weighted by Gasteiger charge is 2.23. The molecule has 0 bridgehead atoms. The summed E-state index contributed by atoms with van der Waals surface area (Å²) in [5.74, 6) is 0.468. The second-order valence-corrected chi connectivity index (χ2v) is 9.43. The molecule has 0 amide bonds. The average Bonchev–Trinajstić information content (AvgIpc) is 3.20. The SMILES string of the molecule is Cc1nn(C)c(NS(=O)(=O)c2ccc3c(c2)CCC3)c1-c1ccc(Br)cc1. The predicted molar refractivity (Wildman–Crippen MR) is 110 cm³/mol. The topological polar surface area (TPSA) is 64.0 Å². The summed E-state index contributed by atoms with van der Waals surface area (Å²) in [6, 6.07) is 13.2. The van der Waals surface area contributed by atoms with Crippen molar-refractivity contribution >= 4 is 31.8 Å². The molecular formula is C20H20BrN3O2S. The average molecular weight is 446 g/mol.